The molecule has 0 bridgehead atoms. The summed E-state index contributed by atoms with van der Waals surface area (Å²) in [4.78, 5) is 28.5. The first-order valence-corrected chi connectivity index (χ1v) is 14.5. The zero-order valence-electron chi connectivity index (χ0n) is 19.8. The standard InChI is InChI=1S/C27H32O4Se2/c1-6-17-27(25(28)30-7-2,26(29)31-8-3)18-24(33-23-15-11-21(5)12-16-23)19-32-22-13-9-20(4)10-14-22/h6,9-16,19H,1,7-8,17-18H2,2-5H3/b24-19+. The van der Waals surface area contributed by atoms with E-state index in [0.717, 1.165) is 4.47 Å². The summed E-state index contributed by atoms with van der Waals surface area (Å²) in [5.41, 5.74) is 0.996. The Morgan fingerprint density at radius 1 is 0.879 bits per heavy atom. The van der Waals surface area contributed by atoms with Crippen molar-refractivity contribution in [3.63, 3.8) is 0 Å². The van der Waals surface area contributed by atoms with Crippen LogP contribution in [0.15, 0.2) is 70.6 Å². The Morgan fingerprint density at radius 3 is 1.82 bits per heavy atom. The summed E-state index contributed by atoms with van der Waals surface area (Å²) in [5, 5.41) is 0. The summed E-state index contributed by atoms with van der Waals surface area (Å²) in [5.74, 6) is -1.09. The zero-order chi connectivity index (χ0) is 24.3. The molecule has 33 heavy (non-hydrogen) atoms. The number of carbonyl (C=O) groups is 2. The van der Waals surface area contributed by atoms with E-state index in [1.165, 1.54) is 20.1 Å². The van der Waals surface area contributed by atoms with E-state index in [2.05, 4.69) is 73.9 Å². The van der Waals surface area contributed by atoms with E-state index in [1.54, 1.807) is 19.9 Å². The number of aryl methyl sites for hydroxylation is 2. The van der Waals surface area contributed by atoms with Crippen molar-refractivity contribution < 1.29 is 19.1 Å². The van der Waals surface area contributed by atoms with Gasteiger partial charge in [0.25, 0.3) is 0 Å². The van der Waals surface area contributed by atoms with E-state index < -0.39 is 17.4 Å². The van der Waals surface area contributed by atoms with Crippen LogP contribution in [0.5, 0.6) is 0 Å². The van der Waals surface area contributed by atoms with Gasteiger partial charge in [0.05, 0.1) is 0 Å². The van der Waals surface area contributed by atoms with Crippen molar-refractivity contribution in [2.45, 2.75) is 40.5 Å². The van der Waals surface area contributed by atoms with Crippen LogP contribution in [-0.2, 0) is 19.1 Å². The van der Waals surface area contributed by atoms with Crippen LogP contribution in [0.1, 0.15) is 37.8 Å². The molecule has 0 saturated heterocycles. The van der Waals surface area contributed by atoms with Crippen molar-refractivity contribution in [3.8, 4) is 0 Å². The predicted molar refractivity (Wildman–Crippen MR) is 136 cm³/mol. The Hall–Kier alpha value is -2.10. The van der Waals surface area contributed by atoms with Gasteiger partial charge in [0.15, 0.2) is 0 Å². The minimum absolute atomic E-state index is 0.0500. The molecule has 0 atom stereocenters. The van der Waals surface area contributed by atoms with Gasteiger partial charge in [-0.1, -0.05) is 0 Å². The van der Waals surface area contributed by atoms with Crippen molar-refractivity contribution in [2.24, 2.45) is 5.41 Å². The van der Waals surface area contributed by atoms with Gasteiger partial charge in [0.1, 0.15) is 0 Å². The number of ether oxygens (including phenoxy) is 2. The second-order valence-corrected chi connectivity index (χ2v) is 12.1. The van der Waals surface area contributed by atoms with Crippen LogP contribution < -0.4 is 8.92 Å². The molecule has 2 aromatic carbocycles. The van der Waals surface area contributed by atoms with Gasteiger partial charge in [0.2, 0.25) is 0 Å². The second-order valence-electron chi connectivity index (χ2n) is 7.62. The first kappa shape index (κ1) is 27.1. The third-order valence-electron chi connectivity index (χ3n) is 4.92. The van der Waals surface area contributed by atoms with Crippen molar-refractivity contribution in [1.82, 2.24) is 0 Å². The van der Waals surface area contributed by atoms with E-state index in [4.69, 9.17) is 9.47 Å². The maximum absolute atomic E-state index is 13.1. The van der Waals surface area contributed by atoms with Crippen LogP contribution in [-0.4, -0.2) is 55.1 Å². The van der Waals surface area contributed by atoms with Gasteiger partial charge in [-0.3, -0.25) is 0 Å². The fourth-order valence-corrected chi connectivity index (χ4v) is 7.53. The monoisotopic (exact) mass is 580 g/mol. The molecule has 0 aliphatic rings. The Bertz CT molecular complexity index is 945. The average molecular weight is 578 g/mol. The third kappa shape index (κ3) is 8.01. The molecule has 0 N–H and O–H groups in total. The Labute approximate surface area is 210 Å². The maximum atomic E-state index is 13.1. The zero-order valence-corrected chi connectivity index (χ0v) is 23.2. The Kier molecular flexibility index (Phi) is 11.2. The molecule has 176 valence electrons. The SMILES string of the molecule is C=CCC(C/C(=C\[Se]c1ccc(C)cc1)[Se]c1ccc(C)cc1)(C(=O)OCC)C(=O)OCC. The number of rotatable bonds is 12. The van der Waals surface area contributed by atoms with Crippen molar-refractivity contribution in [1.29, 1.82) is 0 Å². The number of esters is 2. The van der Waals surface area contributed by atoms with Crippen LogP contribution in [0, 0.1) is 19.3 Å². The van der Waals surface area contributed by atoms with Gasteiger partial charge >= 0.3 is 211 Å². The van der Waals surface area contributed by atoms with Gasteiger partial charge in [-0.15, -0.1) is 0 Å². The number of benzene rings is 2. The van der Waals surface area contributed by atoms with Gasteiger partial charge < -0.3 is 0 Å². The summed E-state index contributed by atoms with van der Waals surface area (Å²) in [6.07, 6.45) is 2.04. The first-order chi connectivity index (χ1) is 15.8. The second kappa shape index (κ2) is 13.6. The van der Waals surface area contributed by atoms with Crippen molar-refractivity contribution in [2.75, 3.05) is 13.2 Å². The van der Waals surface area contributed by atoms with E-state index in [-0.39, 0.29) is 56.0 Å². The fourth-order valence-electron chi connectivity index (χ4n) is 3.16. The van der Waals surface area contributed by atoms with Gasteiger partial charge in [-0.05, 0) is 0 Å². The van der Waals surface area contributed by atoms with Gasteiger partial charge in [0, 0.05) is 0 Å². The molecular formula is C27H32O4Se2. The molecule has 0 fully saturated rings. The molecule has 4 nitrogen and oxygen atoms in total. The predicted octanol–water partition coefficient (Wildman–Crippen LogP) is 3.58. The molecule has 0 radical (unpaired) electrons. The molecule has 0 aliphatic carbocycles. The number of allylic oxidation sites excluding steroid dienone is 2. The molecule has 0 aromatic heterocycles. The number of carbonyl (C=O) groups excluding carboxylic acids is 2. The fraction of sp³-hybridized carbons (Fsp3) is 0.333. The molecule has 0 amide bonds. The molecule has 2 rings (SSSR count). The normalized spacial score (nSPS) is 11.7. The van der Waals surface area contributed by atoms with E-state index in [0.29, 0.717) is 0 Å². The van der Waals surface area contributed by atoms with Crippen LogP contribution >= 0.6 is 0 Å². The quantitative estimate of drug-likeness (QED) is 0.167. The topological polar surface area (TPSA) is 52.6 Å². The van der Waals surface area contributed by atoms with Gasteiger partial charge in [-0.2, -0.15) is 0 Å². The summed E-state index contributed by atoms with van der Waals surface area (Å²) in [6.45, 7) is 11.8. The summed E-state index contributed by atoms with van der Waals surface area (Å²) in [7, 11) is 0. The van der Waals surface area contributed by atoms with E-state index in [9.17, 15) is 9.59 Å². The molecule has 0 heterocycles. The Balaban J connectivity index is 2.47. The van der Waals surface area contributed by atoms with Gasteiger partial charge in [-0.25, -0.2) is 0 Å². The Morgan fingerprint density at radius 2 is 1.36 bits per heavy atom. The van der Waals surface area contributed by atoms with Crippen LogP contribution in [0.4, 0.5) is 0 Å². The molecule has 0 unspecified atom stereocenters. The summed E-state index contributed by atoms with van der Waals surface area (Å²) >= 11 is 0.0181. The van der Waals surface area contributed by atoms with Crippen molar-refractivity contribution in [3.05, 3.63) is 81.8 Å². The van der Waals surface area contributed by atoms with Crippen LogP contribution in [0.3, 0.4) is 0 Å². The molecule has 0 saturated carbocycles. The minimum atomic E-state index is -1.42. The van der Waals surface area contributed by atoms with Crippen LogP contribution in [0.25, 0.3) is 0 Å². The molecule has 6 heteroatoms. The summed E-state index contributed by atoms with van der Waals surface area (Å²) < 4.78 is 14.2. The molecule has 2 aromatic rings. The number of hydrogen-bond donors (Lipinski definition) is 0. The third-order valence-corrected chi connectivity index (χ3v) is 9.83. The number of hydrogen-bond acceptors (Lipinski definition) is 4. The van der Waals surface area contributed by atoms with E-state index >= 15 is 0 Å². The van der Waals surface area contributed by atoms with Crippen LogP contribution in [0.2, 0.25) is 0 Å². The van der Waals surface area contributed by atoms with E-state index in [1.807, 2.05) is 0 Å². The molecular weight excluding hydrogens is 546 g/mol. The summed E-state index contributed by atoms with van der Waals surface area (Å²) in [6, 6.07) is 16.9. The molecule has 0 spiro atoms. The molecule has 0 aliphatic heterocycles. The first-order valence-electron chi connectivity index (χ1n) is 11.0. The van der Waals surface area contributed by atoms with Crippen molar-refractivity contribution >= 4 is 50.8 Å². The average Bonchev–Trinajstić information content (AvgIpc) is 2.79.